The number of hydrogen-bond acceptors (Lipinski definition) is 2. The summed E-state index contributed by atoms with van der Waals surface area (Å²) in [5.41, 5.74) is 4.91. The molecule has 0 atom stereocenters. The molecule has 104 valence electrons. The first kappa shape index (κ1) is 13.9. The van der Waals surface area contributed by atoms with E-state index in [0.717, 1.165) is 29.5 Å². The van der Waals surface area contributed by atoms with Gasteiger partial charge in [-0.2, -0.15) is 0 Å². The van der Waals surface area contributed by atoms with Crippen molar-refractivity contribution >= 4 is 18.2 Å². The Kier molecular flexibility index (Phi) is 4.04. The second-order valence-electron chi connectivity index (χ2n) is 5.24. The summed E-state index contributed by atoms with van der Waals surface area (Å²) in [4.78, 5) is 0. The molecule has 0 heterocycles. The van der Waals surface area contributed by atoms with E-state index in [9.17, 15) is 10.0 Å². The molecule has 2 aromatic carbocycles. The predicted molar refractivity (Wildman–Crippen MR) is 88.1 cm³/mol. The molecule has 0 spiro atoms. The second kappa shape index (κ2) is 6.12. The van der Waals surface area contributed by atoms with E-state index in [-0.39, 0.29) is 0 Å². The molecule has 0 aliphatic heterocycles. The van der Waals surface area contributed by atoms with Crippen molar-refractivity contribution in [2.24, 2.45) is 0 Å². The molecule has 0 saturated carbocycles. The first-order chi connectivity index (χ1) is 10.2. The molecule has 21 heavy (non-hydrogen) atoms. The van der Waals surface area contributed by atoms with E-state index >= 15 is 0 Å². The minimum Gasteiger partial charge on any atom is -0.423 e. The van der Waals surface area contributed by atoms with Crippen LogP contribution in [0.15, 0.2) is 66.8 Å². The third kappa shape index (κ3) is 3.15. The van der Waals surface area contributed by atoms with E-state index in [2.05, 4.69) is 24.3 Å². The highest BCUT2D eigenvalue weighted by Crippen LogP contribution is 2.27. The Morgan fingerprint density at radius 1 is 0.857 bits per heavy atom. The second-order valence-corrected chi connectivity index (χ2v) is 5.24. The summed E-state index contributed by atoms with van der Waals surface area (Å²) < 4.78 is 0. The van der Waals surface area contributed by atoms with E-state index < -0.39 is 7.12 Å². The Morgan fingerprint density at radius 2 is 1.62 bits per heavy atom. The van der Waals surface area contributed by atoms with Crippen LogP contribution < -0.4 is 5.46 Å². The van der Waals surface area contributed by atoms with Crippen molar-refractivity contribution in [2.45, 2.75) is 12.8 Å². The van der Waals surface area contributed by atoms with Gasteiger partial charge >= 0.3 is 7.12 Å². The van der Waals surface area contributed by atoms with Crippen LogP contribution in [0.25, 0.3) is 16.7 Å². The van der Waals surface area contributed by atoms with Crippen LogP contribution in [0.4, 0.5) is 0 Å². The van der Waals surface area contributed by atoms with Crippen LogP contribution in [0, 0.1) is 0 Å². The van der Waals surface area contributed by atoms with Gasteiger partial charge in [0.15, 0.2) is 0 Å². The van der Waals surface area contributed by atoms with Crippen molar-refractivity contribution in [2.75, 3.05) is 0 Å². The highest BCUT2D eigenvalue weighted by molar-refractivity contribution is 6.58. The molecule has 2 aromatic rings. The summed E-state index contributed by atoms with van der Waals surface area (Å²) in [6, 6.07) is 15.8. The molecule has 3 heteroatoms. The number of rotatable bonds is 3. The zero-order chi connectivity index (χ0) is 14.7. The first-order valence-electron chi connectivity index (χ1n) is 7.16. The molecule has 1 aliphatic carbocycles. The maximum Gasteiger partial charge on any atom is 0.488 e. The Hall–Kier alpha value is -2.10. The standard InChI is InChI=1S/C18H17BO2/c20-19(21)18-12-16(14-7-3-1-4-8-14)11-17(13-18)15-9-5-2-6-10-15/h1-5,7-9,11-13,20-21H,6,10H2. The summed E-state index contributed by atoms with van der Waals surface area (Å²) in [5.74, 6) is 0. The molecule has 0 unspecified atom stereocenters. The van der Waals surface area contributed by atoms with Crippen LogP contribution in [0.3, 0.4) is 0 Å². The lowest BCUT2D eigenvalue weighted by Gasteiger charge is -2.14. The van der Waals surface area contributed by atoms with E-state index in [1.165, 1.54) is 5.57 Å². The van der Waals surface area contributed by atoms with Gasteiger partial charge in [-0.3, -0.25) is 0 Å². The molecule has 2 nitrogen and oxygen atoms in total. The summed E-state index contributed by atoms with van der Waals surface area (Å²) in [7, 11) is -1.45. The smallest absolute Gasteiger partial charge is 0.423 e. The third-order valence-electron chi connectivity index (χ3n) is 3.75. The highest BCUT2D eigenvalue weighted by atomic mass is 16.4. The third-order valence-corrected chi connectivity index (χ3v) is 3.75. The summed E-state index contributed by atoms with van der Waals surface area (Å²) in [6.07, 6.45) is 8.31. The maximum absolute atomic E-state index is 9.54. The molecular weight excluding hydrogens is 259 g/mol. The lowest BCUT2D eigenvalue weighted by atomic mass is 9.77. The molecule has 0 bridgehead atoms. The summed E-state index contributed by atoms with van der Waals surface area (Å²) in [6.45, 7) is 0. The molecular formula is C18H17BO2. The van der Waals surface area contributed by atoms with Gasteiger partial charge in [0.1, 0.15) is 0 Å². The number of allylic oxidation sites excluding steroid dienone is 4. The molecule has 1 aliphatic rings. The zero-order valence-corrected chi connectivity index (χ0v) is 11.7. The lowest BCUT2D eigenvalue weighted by molar-refractivity contribution is 0.426. The van der Waals surface area contributed by atoms with Gasteiger partial charge < -0.3 is 10.0 Å². The van der Waals surface area contributed by atoms with E-state index in [1.54, 1.807) is 0 Å². The summed E-state index contributed by atoms with van der Waals surface area (Å²) in [5, 5.41) is 19.1. The fourth-order valence-electron chi connectivity index (χ4n) is 2.63. The van der Waals surface area contributed by atoms with Crippen LogP contribution in [0.5, 0.6) is 0 Å². The Morgan fingerprint density at radius 3 is 2.29 bits per heavy atom. The van der Waals surface area contributed by atoms with Gasteiger partial charge in [-0.15, -0.1) is 0 Å². The van der Waals surface area contributed by atoms with Gasteiger partial charge in [-0.1, -0.05) is 60.7 Å². The highest BCUT2D eigenvalue weighted by Gasteiger charge is 2.15. The van der Waals surface area contributed by atoms with Crippen LogP contribution in [0.2, 0.25) is 0 Å². The molecule has 2 N–H and O–H groups in total. The van der Waals surface area contributed by atoms with E-state index in [4.69, 9.17) is 0 Å². The molecule has 0 saturated heterocycles. The molecule has 0 aromatic heterocycles. The average molecular weight is 276 g/mol. The number of hydrogen-bond donors (Lipinski definition) is 2. The summed E-state index contributed by atoms with van der Waals surface area (Å²) >= 11 is 0. The lowest BCUT2D eigenvalue weighted by Crippen LogP contribution is -2.30. The van der Waals surface area contributed by atoms with Crippen LogP contribution in [-0.2, 0) is 0 Å². The Labute approximate surface area is 125 Å². The van der Waals surface area contributed by atoms with Gasteiger partial charge in [0.25, 0.3) is 0 Å². The topological polar surface area (TPSA) is 40.5 Å². The van der Waals surface area contributed by atoms with Gasteiger partial charge in [0.05, 0.1) is 0 Å². The van der Waals surface area contributed by atoms with Crippen molar-refractivity contribution in [1.29, 1.82) is 0 Å². The largest absolute Gasteiger partial charge is 0.488 e. The van der Waals surface area contributed by atoms with Crippen LogP contribution in [-0.4, -0.2) is 17.2 Å². The maximum atomic E-state index is 9.54. The molecule has 0 fully saturated rings. The minimum atomic E-state index is -1.45. The van der Waals surface area contributed by atoms with Crippen molar-refractivity contribution in [3.8, 4) is 11.1 Å². The van der Waals surface area contributed by atoms with Gasteiger partial charge in [0.2, 0.25) is 0 Å². The zero-order valence-electron chi connectivity index (χ0n) is 11.7. The SMILES string of the molecule is OB(O)c1cc(C2=CC=CCC2)cc(-c2ccccc2)c1. The van der Waals surface area contributed by atoms with Crippen molar-refractivity contribution in [1.82, 2.24) is 0 Å². The van der Waals surface area contributed by atoms with Gasteiger partial charge in [-0.25, -0.2) is 0 Å². The molecule has 0 amide bonds. The fourth-order valence-corrected chi connectivity index (χ4v) is 2.63. The average Bonchev–Trinajstić information content (AvgIpc) is 2.56. The van der Waals surface area contributed by atoms with Gasteiger partial charge in [-0.05, 0) is 46.6 Å². The monoisotopic (exact) mass is 276 g/mol. The van der Waals surface area contributed by atoms with Crippen molar-refractivity contribution < 1.29 is 10.0 Å². The fraction of sp³-hybridized carbons (Fsp3) is 0.111. The van der Waals surface area contributed by atoms with E-state index in [1.807, 2.05) is 42.5 Å². The first-order valence-corrected chi connectivity index (χ1v) is 7.16. The van der Waals surface area contributed by atoms with E-state index in [0.29, 0.717) is 5.46 Å². The van der Waals surface area contributed by atoms with Crippen LogP contribution in [0.1, 0.15) is 18.4 Å². The Balaban J connectivity index is 2.10. The quantitative estimate of drug-likeness (QED) is 0.846. The Bertz CT molecular complexity index is 688. The molecule has 0 radical (unpaired) electrons. The van der Waals surface area contributed by atoms with Gasteiger partial charge in [0, 0.05) is 0 Å². The normalized spacial score (nSPS) is 13.9. The van der Waals surface area contributed by atoms with Crippen LogP contribution >= 0.6 is 0 Å². The van der Waals surface area contributed by atoms with Crippen molar-refractivity contribution in [3.63, 3.8) is 0 Å². The minimum absolute atomic E-state index is 0.529. The molecule has 3 rings (SSSR count). The predicted octanol–water partition coefficient (Wildman–Crippen LogP) is 2.77. The number of benzene rings is 2. The van der Waals surface area contributed by atoms with Crippen molar-refractivity contribution in [3.05, 3.63) is 72.3 Å².